The largest absolute Gasteiger partial charge is 0.316 e. The molecule has 0 saturated carbocycles. The van der Waals surface area contributed by atoms with Gasteiger partial charge in [0.05, 0.1) is 33.8 Å². The Morgan fingerprint density at radius 2 is 0.724 bits per heavy atom. The number of fused-ring (bicyclic) bond motifs is 6. The fourth-order valence-electron chi connectivity index (χ4n) is 8.60. The predicted molar refractivity (Wildman–Crippen MR) is 243 cm³/mol. The number of aromatic nitrogens is 2. The maximum atomic E-state index is 2.48. The first-order valence-electron chi connectivity index (χ1n) is 19.5. The molecular formula is C52H34N4S2. The first-order chi connectivity index (χ1) is 28.7. The lowest BCUT2D eigenvalue weighted by molar-refractivity contribution is 1.11. The van der Waals surface area contributed by atoms with Crippen LogP contribution in [0.4, 0.5) is 34.1 Å². The van der Waals surface area contributed by atoms with Crippen LogP contribution in [0.15, 0.2) is 226 Å². The van der Waals surface area contributed by atoms with Crippen molar-refractivity contribution in [1.82, 2.24) is 9.13 Å². The average molecular weight is 779 g/mol. The number of benzene rings is 8. The molecule has 0 spiro atoms. The van der Waals surface area contributed by atoms with Gasteiger partial charge < -0.3 is 18.9 Å². The van der Waals surface area contributed by atoms with E-state index in [1.807, 2.05) is 23.5 Å². The molecule has 58 heavy (non-hydrogen) atoms. The minimum absolute atomic E-state index is 1.11. The van der Waals surface area contributed by atoms with Crippen LogP contribution in [0.3, 0.4) is 0 Å². The van der Waals surface area contributed by atoms with E-state index >= 15 is 0 Å². The Bertz CT molecular complexity index is 3000. The third-order valence-corrected chi connectivity index (χ3v) is 13.5. The highest BCUT2D eigenvalue weighted by Gasteiger charge is 2.30. The van der Waals surface area contributed by atoms with Crippen molar-refractivity contribution in [3.8, 4) is 22.5 Å². The third-order valence-electron chi connectivity index (χ3n) is 11.3. The molecule has 6 heteroatoms. The number of hydrogen-bond donors (Lipinski definition) is 0. The smallest absolute Gasteiger partial charge is 0.0622 e. The van der Waals surface area contributed by atoms with Crippen LogP contribution in [-0.4, -0.2) is 9.13 Å². The van der Waals surface area contributed by atoms with E-state index in [1.54, 1.807) is 0 Å². The van der Waals surface area contributed by atoms with Gasteiger partial charge in [-0.1, -0.05) is 115 Å². The highest BCUT2D eigenvalue weighted by Crippen LogP contribution is 2.56. The predicted octanol–water partition coefficient (Wildman–Crippen LogP) is 15.1. The second-order valence-corrected chi connectivity index (χ2v) is 16.9. The van der Waals surface area contributed by atoms with Crippen LogP contribution in [0.5, 0.6) is 0 Å². The summed E-state index contributed by atoms with van der Waals surface area (Å²) in [6, 6.07) is 70.8. The Morgan fingerprint density at radius 3 is 1.21 bits per heavy atom. The van der Waals surface area contributed by atoms with Crippen molar-refractivity contribution in [3.05, 3.63) is 207 Å². The Balaban J connectivity index is 1.11. The van der Waals surface area contributed by atoms with Crippen LogP contribution < -0.4 is 9.80 Å². The van der Waals surface area contributed by atoms with Crippen molar-refractivity contribution < 1.29 is 0 Å². The van der Waals surface area contributed by atoms with Gasteiger partial charge in [0.15, 0.2) is 0 Å². The molecule has 10 aromatic rings. The normalized spacial score (nSPS) is 13.0. The molecule has 4 heterocycles. The zero-order chi connectivity index (χ0) is 38.2. The van der Waals surface area contributed by atoms with Crippen LogP contribution in [0.25, 0.3) is 44.3 Å². The van der Waals surface area contributed by atoms with Gasteiger partial charge in [-0.25, -0.2) is 0 Å². The Kier molecular flexibility index (Phi) is 7.68. The van der Waals surface area contributed by atoms with Gasteiger partial charge >= 0.3 is 0 Å². The summed E-state index contributed by atoms with van der Waals surface area (Å²) in [5.41, 5.74) is 13.9. The zero-order valence-electron chi connectivity index (χ0n) is 31.2. The van der Waals surface area contributed by atoms with Crippen LogP contribution in [-0.2, 0) is 0 Å². The van der Waals surface area contributed by atoms with Gasteiger partial charge in [-0.05, 0) is 114 Å². The number of hydrogen-bond acceptors (Lipinski definition) is 4. The molecule has 0 radical (unpaired) electrons. The first kappa shape index (κ1) is 33.3. The van der Waals surface area contributed by atoms with Crippen LogP contribution >= 0.6 is 23.5 Å². The molecule has 0 fully saturated rings. The molecule has 2 aliphatic rings. The van der Waals surface area contributed by atoms with Gasteiger partial charge in [0.25, 0.3) is 0 Å². The summed E-state index contributed by atoms with van der Waals surface area (Å²) >= 11 is 3.70. The first-order valence-corrected chi connectivity index (χ1v) is 21.1. The Hall–Kier alpha value is -6.86. The summed E-state index contributed by atoms with van der Waals surface area (Å²) < 4.78 is 4.60. The second-order valence-electron chi connectivity index (χ2n) is 14.7. The van der Waals surface area contributed by atoms with Crippen molar-refractivity contribution in [1.29, 1.82) is 0 Å². The topological polar surface area (TPSA) is 16.3 Å². The average Bonchev–Trinajstić information content (AvgIpc) is 3.90. The summed E-state index contributed by atoms with van der Waals surface area (Å²) in [6.45, 7) is 0. The lowest BCUT2D eigenvalue weighted by Crippen LogP contribution is -2.18. The number of rotatable bonds is 5. The molecule has 12 rings (SSSR count). The fourth-order valence-corrected chi connectivity index (χ4v) is 10.8. The fraction of sp³-hybridized carbons (Fsp3) is 0. The summed E-state index contributed by atoms with van der Waals surface area (Å²) in [5, 5.41) is 2.44. The lowest BCUT2D eigenvalue weighted by atomic mass is 10.0. The van der Waals surface area contributed by atoms with E-state index < -0.39 is 0 Å². The van der Waals surface area contributed by atoms with Gasteiger partial charge in [-0.2, -0.15) is 0 Å². The van der Waals surface area contributed by atoms with Crippen molar-refractivity contribution in [2.45, 2.75) is 19.6 Å². The van der Waals surface area contributed by atoms with E-state index in [0.29, 0.717) is 0 Å². The molecule has 274 valence electrons. The molecule has 0 unspecified atom stereocenters. The Morgan fingerprint density at radius 1 is 0.293 bits per heavy atom. The Labute approximate surface area is 345 Å². The highest BCUT2D eigenvalue weighted by molar-refractivity contribution is 8.00. The van der Waals surface area contributed by atoms with Crippen LogP contribution in [0, 0.1) is 0 Å². The van der Waals surface area contributed by atoms with Gasteiger partial charge in [0.1, 0.15) is 0 Å². The second kappa shape index (κ2) is 13.4. The summed E-state index contributed by atoms with van der Waals surface area (Å²) in [4.78, 5) is 9.90. The molecular weight excluding hydrogens is 745 g/mol. The standard InChI is InChI=1S/C52H34N4S2/c1-4-14-35(15-5-1)38-28-41(55-43-20-10-12-22-49(43)57-51-30-36-24-26-53(45(36)33-47(51)55)39-16-6-2-7-17-39)32-42(29-38)56-44-21-11-13-23-50(44)58-52-31-37-25-27-54(46(37)34-48(52)56)40-18-8-3-9-19-40/h1-34H. The van der Waals surface area contributed by atoms with E-state index in [-0.39, 0.29) is 0 Å². The molecule has 2 aliphatic heterocycles. The van der Waals surface area contributed by atoms with Crippen molar-refractivity contribution in [3.63, 3.8) is 0 Å². The van der Waals surface area contributed by atoms with E-state index in [2.05, 4.69) is 225 Å². The minimum atomic E-state index is 1.11. The SMILES string of the molecule is c1ccc(-c2cc(N3c4ccccc4Sc4cc5ccn(-c6ccccc6)c5cc43)cc(N3c4ccccc4Sc4cc5ccn(-c6ccccc6)c5cc43)c2)cc1. The van der Waals surface area contributed by atoms with Crippen molar-refractivity contribution in [2.24, 2.45) is 0 Å². The van der Waals surface area contributed by atoms with Gasteiger partial charge in [-0.3, -0.25) is 0 Å². The molecule has 8 aromatic carbocycles. The lowest BCUT2D eigenvalue weighted by Gasteiger charge is -2.36. The molecule has 0 aliphatic carbocycles. The minimum Gasteiger partial charge on any atom is -0.316 e. The molecule has 0 bridgehead atoms. The van der Waals surface area contributed by atoms with E-state index in [9.17, 15) is 0 Å². The van der Waals surface area contributed by atoms with Crippen LogP contribution in [0.2, 0.25) is 0 Å². The third kappa shape index (κ3) is 5.41. The van der Waals surface area contributed by atoms with Crippen LogP contribution in [0.1, 0.15) is 0 Å². The number of nitrogens with zero attached hydrogens (tertiary/aromatic N) is 4. The molecule has 4 nitrogen and oxygen atoms in total. The van der Waals surface area contributed by atoms with E-state index in [1.165, 1.54) is 69.7 Å². The summed E-state index contributed by atoms with van der Waals surface area (Å²) in [7, 11) is 0. The van der Waals surface area contributed by atoms with Gasteiger partial charge in [0, 0.05) is 65.5 Å². The van der Waals surface area contributed by atoms with E-state index in [0.717, 1.165) is 28.3 Å². The summed E-state index contributed by atoms with van der Waals surface area (Å²) in [6.07, 6.45) is 4.38. The number of anilines is 6. The quantitative estimate of drug-likeness (QED) is 0.173. The molecule has 0 amide bonds. The monoisotopic (exact) mass is 778 g/mol. The maximum Gasteiger partial charge on any atom is 0.0622 e. The maximum absolute atomic E-state index is 2.48. The summed E-state index contributed by atoms with van der Waals surface area (Å²) in [5.74, 6) is 0. The molecule has 0 atom stereocenters. The molecule has 0 saturated heterocycles. The number of para-hydroxylation sites is 4. The zero-order valence-corrected chi connectivity index (χ0v) is 32.9. The van der Waals surface area contributed by atoms with E-state index in [4.69, 9.17) is 0 Å². The molecule has 0 N–H and O–H groups in total. The van der Waals surface area contributed by atoms with Crippen molar-refractivity contribution >= 4 is 79.5 Å². The van der Waals surface area contributed by atoms with Gasteiger partial charge in [0.2, 0.25) is 0 Å². The van der Waals surface area contributed by atoms with Gasteiger partial charge in [-0.15, -0.1) is 0 Å². The molecule has 2 aromatic heterocycles. The van der Waals surface area contributed by atoms with Crippen molar-refractivity contribution in [2.75, 3.05) is 9.80 Å². The highest BCUT2D eigenvalue weighted by atomic mass is 32.2.